The number of benzene rings is 1. The largest absolute Gasteiger partial charge is 0.527 e. The molecule has 0 unspecified atom stereocenters. The van der Waals surface area contributed by atoms with Crippen molar-refractivity contribution < 1.29 is 85.5 Å². The zero-order chi connectivity index (χ0) is 36.3. The van der Waals surface area contributed by atoms with Gasteiger partial charge < -0.3 is 14.2 Å². The monoisotopic (exact) mass is 724 g/mol. The van der Waals surface area contributed by atoms with Crippen LogP contribution in [0.2, 0.25) is 0 Å². The first-order valence-electron chi connectivity index (χ1n) is 13.9. The van der Waals surface area contributed by atoms with Crippen LogP contribution in [0.3, 0.4) is 0 Å². The number of nitrogens with zero attached hydrogens (tertiary/aromatic N) is 2. The zero-order valence-electron chi connectivity index (χ0n) is 24.8. The molecular weight excluding hydrogens is 695 g/mol. The molecule has 2 aromatic rings. The molecule has 0 bridgehead atoms. The standard InChI is InChI=1S/C27H29F13N2O6/c1-2-3-4-5-6-13-45-20-15-41-21(42-16-20)18-8-10-19(11-9-18)44-14-7-12-43-17-22(28,29)46-23(30,31)24(32,33)47-25(34,35)26(36,37)48-27(38,39)40/h8-11,15-16H,2-7,12-14,17H2,1H3. The molecule has 0 aliphatic heterocycles. The normalized spacial score (nSPS) is 13.5. The lowest BCUT2D eigenvalue weighted by Gasteiger charge is -2.33. The lowest BCUT2D eigenvalue weighted by atomic mass is 10.2. The molecule has 0 saturated heterocycles. The quantitative estimate of drug-likeness (QED) is 0.0881. The summed E-state index contributed by atoms with van der Waals surface area (Å²) in [5.41, 5.74) is 0.610. The molecule has 1 heterocycles. The van der Waals surface area contributed by atoms with Gasteiger partial charge in [0.05, 0.1) is 32.2 Å². The van der Waals surface area contributed by atoms with Crippen molar-refractivity contribution in [1.82, 2.24) is 9.97 Å². The van der Waals surface area contributed by atoms with Gasteiger partial charge in [-0.2, -0.15) is 43.9 Å². The number of unbranched alkanes of at least 4 members (excludes halogenated alkanes) is 4. The Kier molecular flexibility index (Phi) is 14.5. The third-order valence-electron chi connectivity index (χ3n) is 5.68. The summed E-state index contributed by atoms with van der Waals surface area (Å²) in [6.07, 6.45) is -31.6. The molecule has 0 spiro atoms. The van der Waals surface area contributed by atoms with Gasteiger partial charge in [0.2, 0.25) is 0 Å². The van der Waals surface area contributed by atoms with E-state index in [-0.39, 0.29) is 13.0 Å². The first-order valence-corrected chi connectivity index (χ1v) is 13.9. The molecule has 2 rings (SSSR count). The van der Waals surface area contributed by atoms with Crippen molar-refractivity contribution >= 4 is 0 Å². The lowest BCUT2D eigenvalue weighted by molar-refractivity contribution is -0.564. The number of halogens is 13. The van der Waals surface area contributed by atoms with Gasteiger partial charge in [0, 0.05) is 12.0 Å². The molecule has 0 aliphatic carbocycles. The Hall–Kier alpha value is -3.17. The summed E-state index contributed by atoms with van der Waals surface area (Å²) >= 11 is 0. The van der Waals surface area contributed by atoms with Crippen LogP contribution in [-0.2, 0) is 18.9 Å². The average Bonchev–Trinajstić information content (AvgIpc) is 2.95. The zero-order valence-corrected chi connectivity index (χ0v) is 24.8. The summed E-state index contributed by atoms with van der Waals surface area (Å²) in [4.78, 5) is 8.46. The molecule has 0 saturated carbocycles. The van der Waals surface area contributed by atoms with Crippen LogP contribution >= 0.6 is 0 Å². The van der Waals surface area contributed by atoms with Gasteiger partial charge in [-0.15, -0.1) is 13.2 Å². The Bertz CT molecular complexity index is 1230. The van der Waals surface area contributed by atoms with E-state index in [1.54, 1.807) is 21.6 Å². The highest BCUT2D eigenvalue weighted by molar-refractivity contribution is 5.56. The Balaban J connectivity index is 1.76. The van der Waals surface area contributed by atoms with E-state index in [0.717, 1.165) is 25.7 Å². The van der Waals surface area contributed by atoms with Gasteiger partial charge in [-0.3, -0.25) is 0 Å². The highest BCUT2D eigenvalue weighted by Crippen LogP contribution is 2.48. The molecule has 0 fully saturated rings. The van der Waals surface area contributed by atoms with Crippen molar-refractivity contribution in [3.8, 4) is 22.9 Å². The number of ether oxygens (including phenoxy) is 6. The molecule has 8 nitrogen and oxygen atoms in total. The molecule has 0 radical (unpaired) electrons. The summed E-state index contributed by atoms with van der Waals surface area (Å²) in [6, 6.07) is 6.24. The maximum Gasteiger partial charge on any atom is 0.527 e. The number of alkyl halides is 13. The number of hydrogen-bond acceptors (Lipinski definition) is 8. The van der Waals surface area contributed by atoms with Crippen molar-refractivity contribution in [2.45, 2.75) is 82.4 Å². The molecule has 1 aromatic carbocycles. The van der Waals surface area contributed by atoms with Gasteiger partial charge in [0.1, 0.15) is 12.4 Å². The van der Waals surface area contributed by atoms with E-state index >= 15 is 0 Å². The van der Waals surface area contributed by atoms with Crippen LogP contribution in [0, 0.1) is 0 Å². The molecule has 0 atom stereocenters. The van der Waals surface area contributed by atoms with Crippen LogP contribution in [-0.4, -0.2) is 73.3 Å². The van der Waals surface area contributed by atoms with Gasteiger partial charge in [0.25, 0.3) is 0 Å². The third kappa shape index (κ3) is 13.4. The SMILES string of the molecule is CCCCCCCOc1cnc(-c2ccc(OCCCOCC(F)(F)OC(F)(F)C(F)(F)OC(F)(F)C(F)(F)OC(F)(F)F)cc2)nc1. The Labute approximate surface area is 264 Å². The van der Waals surface area contributed by atoms with Crippen LogP contribution in [0.4, 0.5) is 57.1 Å². The van der Waals surface area contributed by atoms with Gasteiger partial charge >= 0.3 is 36.9 Å². The van der Waals surface area contributed by atoms with E-state index in [2.05, 4.69) is 26.4 Å². The lowest BCUT2D eigenvalue weighted by Crippen LogP contribution is -2.57. The van der Waals surface area contributed by atoms with Crippen molar-refractivity contribution in [2.75, 3.05) is 26.4 Å². The maximum absolute atomic E-state index is 13.6. The molecule has 0 amide bonds. The van der Waals surface area contributed by atoms with Crippen LogP contribution in [0.25, 0.3) is 11.4 Å². The molecule has 1 aromatic heterocycles. The van der Waals surface area contributed by atoms with E-state index < -0.39 is 50.1 Å². The van der Waals surface area contributed by atoms with E-state index in [1.807, 2.05) is 0 Å². The molecule has 21 heteroatoms. The highest BCUT2D eigenvalue weighted by atomic mass is 19.4. The van der Waals surface area contributed by atoms with Crippen LogP contribution in [0.5, 0.6) is 11.5 Å². The summed E-state index contributed by atoms with van der Waals surface area (Å²) in [6.45, 7) is -0.389. The minimum atomic E-state index is -7.10. The topological polar surface area (TPSA) is 81.2 Å². The molecule has 48 heavy (non-hydrogen) atoms. The van der Waals surface area contributed by atoms with E-state index in [9.17, 15) is 57.1 Å². The summed E-state index contributed by atoms with van der Waals surface area (Å²) in [5, 5.41) is 0. The second-order valence-corrected chi connectivity index (χ2v) is 9.74. The Morgan fingerprint density at radius 3 is 1.60 bits per heavy atom. The second kappa shape index (κ2) is 17.0. The molecule has 0 aliphatic rings. The fourth-order valence-electron chi connectivity index (χ4n) is 3.44. The summed E-state index contributed by atoms with van der Waals surface area (Å²) in [7, 11) is 0. The van der Waals surface area contributed by atoms with Crippen LogP contribution < -0.4 is 9.47 Å². The molecule has 0 N–H and O–H groups in total. The number of aromatic nitrogens is 2. The predicted octanol–water partition coefficient (Wildman–Crippen LogP) is 8.81. The Morgan fingerprint density at radius 1 is 0.542 bits per heavy atom. The smallest absolute Gasteiger partial charge is 0.494 e. The first kappa shape index (κ1) is 41.0. The van der Waals surface area contributed by atoms with E-state index in [4.69, 9.17) is 9.47 Å². The number of hydrogen-bond donors (Lipinski definition) is 0. The van der Waals surface area contributed by atoms with Gasteiger partial charge in [-0.05, 0) is 30.7 Å². The molecule has 274 valence electrons. The van der Waals surface area contributed by atoms with Gasteiger partial charge in [-0.25, -0.2) is 24.2 Å². The van der Waals surface area contributed by atoms with Crippen LogP contribution in [0.1, 0.15) is 45.4 Å². The second-order valence-electron chi connectivity index (χ2n) is 9.74. The predicted molar refractivity (Wildman–Crippen MR) is 137 cm³/mol. The van der Waals surface area contributed by atoms with Gasteiger partial charge in [-0.1, -0.05) is 32.6 Å². The summed E-state index contributed by atoms with van der Waals surface area (Å²) < 4.78 is 190. The van der Waals surface area contributed by atoms with Crippen molar-refractivity contribution in [2.24, 2.45) is 0 Å². The first-order chi connectivity index (χ1) is 22.1. The van der Waals surface area contributed by atoms with Gasteiger partial charge in [0.15, 0.2) is 11.6 Å². The van der Waals surface area contributed by atoms with Crippen molar-refractivity contribution in [3.63, 3.8) is 0 Å². The number of rotatable bonds is 22. The minimum Gasteiger partial charge on any atom is -0.494 e. The fourth-order valence-corrected chi connectivity index (χ4v) is 3.44. The third-order valence-corrected chi connectivity index (χ3v) is 5.68. The Morgan fingerprint density at radius 2 is 1.04 bits per heavy atom. The van der Waals surface area contributed by atoms with E-state index in [1.165, 1.54) is 30.9 Å². The highest BCUT2D eigenvalue weighted by Gasteiger charge is 2.74. The van der Waals surface area contributed by atoms with Crippen LogP contribution in [0.15, 0.2) is 36.7 Å². The van der Waals surface area contributed by atoms with E-state index in [0.29, 0.717) is 29.5 Å². The minimum absolute atomic E-state index is 0.183. The summed E-state index contributed by atoms with van der Waals surface area (Å²) in [5.74, 6) is 1.18. The van der Waals surface area contributed by atoms with Crippen molar-refractivity contribution in [1.29, 1.82) is 0 Å². The fraction of sp³-hybridized carbons (Fsp3) is 0.630. The average molecular weight is 725 g/mol. The molecular formula is C27H29F13N2O6. The van der Waals surface area contributed by atoms with Crippen molar-refractivity contribution in [3.05, 3.63) is 36.7 Å². The maximum atomic E-state index is 13.6.